The van der Waals surface area contributed by atoms with E-state index in [1.165, 1.54) is 36.3 Å². The van der Waals surface area contributed by atoms with E-state index in [1.807, 2.05) is 0 Å². The summed E-state index contributed by atoms with van der Waals surface area (Å²) in [4.78, 5) is 40.9. The fourth-order valence-electron chi connectivity index (χ4n) is 4.97. The third-order valence-electron chi connectivity index (χ3n) is 6.43. The zero-order valence-corrected chi connectivity index (χ0v) is 19.5. The maximum absolute atomic E-state index is 13.5. The Morgan fingerprint density at radius 1 is 0.938 bits per heavy atom. The fourth-order valence-corrected chi connectivity index (χ4v) is 4.97. The Balaban J connectivity index is 1.86. The standard InChI is InChI=1S/C25H35N3O4/c1-4-5-6-7-8-9-14-27-24(29)22(20-10-12-21(13-11-20)28(31)32)23(25(27)30)26-16-18(2)15-19(3)17-26/h10-13,18-19H,4-9,14-17H2,1-3H3. The fraction of sp³-hybridized carbons (Fsp3) is 0.600. The van der Waals surface area contributed by atoms with Crippen LogP contribution in [0.3, 0.4) is 0 Å². The van der Waals surface area contributed by atoms with E-state index in [1.54, 1.807) is 12.1 Å². The summed E-state index contributed by atoms with van der Waals surface area (Å²) in [6, 6.07) is 5.97. The van der Waals surface area contributed by atoms with Crippen molar-refractivity contribution in [1.82, 2.24) is 9.80 Å². The Labute approximate surface area is 190 Å². The zero-order valence-electron chi connectivity index (χ0n) is 19.5. The number of piperidine rings is 1. The monoisotopic (exact) mass is 441 g/mol. The normalized spacial score (nSPS) is 21.6. The SMILES string of the molecule is CCCCCCCCN1C(=O)C(c2ccc([N+](=O)[O-])cc2)=C(N2CC(C)CC(C)C2)C1=O. The molecule has 2 amide bonds. The van der Waals surface area contributed by atoms with Crippen LogP contribution >= 0.6 is 0 Å². The molecular weight excluding hydrogens is 406 g/mol. The van der Waals surface area contributed by atoms with Gasteiger partial charge in [-0.1, -0.05) is 52.9 Å². The Kier molecular flexibility index (Phi) is 8.04. The highest BCUT2D eigenvalue weighted by atomic mass is 16.6. The minimum atomic E-state index is -0.459. The molecule has 2 heterocycles. The first-order valence-electron chi connectivity index (χ1n) is 11.9. The summed E-state index contributed by atoms with van der Waals surface area (Å²) in [5.74, 6) is 0.358. The highest BCUT2D eigenvalue weighted by molar-refractivity contribution is 6.35. The minimum absolute atomic E-state index is 0.0307. The molecule has 7 nitrogen and oxygen atoms in total. The number of hydrogen-bond donors (Lipinski definition) is 0. The van der Waals surface area contributed by atoms with E-state index in [0.29, 0.717) is 35.2 Å². The van der Waals surface area contributed by atoms with Crippen molar-refractivity contribution in [3.63, 3.8) is 0 Å². The van der Waals surface area contributed by atoms with Gasteiger partial charge < -0.3 is 4.90 Å². The number of hydrogen-bond acceptors (Lipinski definition) is 5. The highest BCUT2D eigenvalue weighted by Gasteiger charge is 2.42. The van der Waals surface area contributed by atoms with E-state index in [2.05, 4.69) is 25.7 Å². The van der Waals surface area contributed by atoms with Gasteiger partial charge in [0.25, 0.3) is 17.5 Å². The zero-order chi connectivity index (χ0) is 23.3. The van der Waals surface area contributed by atoms with E-state index in [4.69, 9.17) is 0 Å². The van der Waals surface area contributed by atoms with Crippen molar-refractivity contribution in [3.8, 4) is 0 Å². The van der Waals surface area contributed by atoms with Crippen LogP contribution in [0.4, 0.5) is 5.69 Å². The van der Waals surface area contributed by atoms with Crippen molar-refractivity contribution < 1.29 is 14.5 Å². The summed E-state index contributed by atoms with van der Waals surface area (Å²) in [7, 11) is 0. The van der Waals surface area contributed by atoms with Gasteiger partial charge in [-0.3, -0.25) is 24.6 Å². The summed E-state index contributed by atoms with van der Waals surface area (Å²) >= 11 is 0. The maximum Gasteiger partial charge on any atom is 0.277 e. The van der Waals surface area contributed by atoms with Crippen LogP contribution in [0.5, 0.6) is 0 Å². The number of carbonyl (C=O) groups excluding carboxylic acids is 2. The number of imide groups is 1. The average Bonchev–Trinajstić information content (AvgIpc) is 3.00. The summed E-state index contributed by atoms with van der Waals surface area (Å²) < 4.78 is 0. The van der Waals surface area contributed by atoms with E-state index >= 15 is 0 Å². The topological polar surface area (TPSA) is 83.8 Å². The summed E-state index contributed by atoms with van der Waals surface area (Å²) in [6.07, 6.45) is 7.58. The quantitative estimate of drug-likeness (QED) is 0.220. The maximum atomic E-state index is 13.5. The molecule has 1 fully saturated rings. The lowest BCUT2D eigenvalue weighted by atomic mass is 9.91. The van der Waals surface area contributed by atoms with Gasteiger partial charge in [0, 0.05) is 31.8 Å². The predicted octanol–water partition coefficient (Wildman–Crippen LogP) is 5.01. The molecule has 0 aromatic heterocycles. The molecule has 174 valence electrons. The van der Waals surface area contributed by atoms with E-state index in [9.17, 15) is 19.7 Å². The number of non-ortho nitro benzene ring substituents is 1. The molecule has 2 aliphatic rings. The van der Waals surface area contributed by atoms with Crippen LogP contribution in [0.1, 0.15) is 71.3 Å². The number of likely N-dealkylation sites (tertiary alicyclic amines) is 1. The van der Waals surface area contributed by atoms with Gasteiger partial charge in [-0.15, -0.1) is 0 Å². The average molecular weight is 442 g/mol. The van der Waals surface area contributed by atoms with Crippen molar-refractivity contribution in [2.75, 3.05) is 19.6 Å². The predicted molar refractivity (Wildman–Crippen MR) is 125 cm³/mol. The van der Waals surface area contributed by atoms with Crippen molar-refractivity contribution in [3.05, 3.63) is 45.6 Å². The molecule has 7 heteroatoms. The minimum Gasteiger partial charge on any atom is -0.366 e. The molecule has 2 aliphatic heterocycles. The van der Waals surface area contributed by atoms with Crippen LogP contribution in [-0.4, -0.2) is 46.2 Å². The lowest BCUT2D eigenvalue weighted by molar-refractivity contribution is -0.384. The Morgan fingerprint density at radius 3 is 2.12 bits per heavy atom. The Bertz CT molecular complexity index is 868. The summed E-state index contributed by atoms with van der Waals surface area (Å²) in [5, 5.41) is 11.1. The molecule has 0 saturated carbocycles. The number of nitro groups is 1. The van der Waals surface area contributed by atoms with Crippen molar-refractivity contribution in [1.29, 1.82) is 0 Å². The molecule has 2 unspecified atom stereocenters. The summed E-state index contributed by atoms with van der Waals surface area (Å²) in [6.45, 7) is 8.41. The Hall–Kier alpha value is -2.70. The second kappa shape index (κ2) is 10.7. The number of unbranched alkanes of at least 4 members (excludes halogenated alkanes) is 5. The van der Waals surface area contributed by atoms with Gasteiger partial charge in [0.2, 0.25) is 0 Å². The van der Waals surface area contributed by atoms with Gasteiger partial charge in [0.15, 0.2) is 0 Å². The lowest BCUT2D eigenvalue weighted by Crippen LogP contribution is -2.42. The molecule has 1 aromatic rings. The van der Waals surface area contributed by atoms with Crippen LogP contribution in [0, 0.1) is 22.0 Å². The third kappa shape index (κ3) is 5.37. The van der Waals surface area contributed by atoms with Crippen molar-refractivity contribution >= 4 is 23.1 Å². The van der Waals surface area contributed by atoms with E-state index in [-0.39, 0.29) is 17.5 Å². The van der Waals surface area contributed by atoms with Gasteiger partial charge in [0.1, 0.15) is 5.70 Å². The molecule has 0 N–H and O–H groups in total. The second-order valence-electron chi connectivity index (χ2n) is 9.41. The van der Waals surface area contributed by atoms with Gasteiger partial charge in [-0.2, -0.15) is 0 Å². The molecule has 0 radical (unpaired) electrons. The molecule has 1 aromatic carbocycles. The van der Waals surface area contributed by atoms with Gasteiger partial charge in [-0.05, 0) is 42.4 Å². The third-order valence-corrected chi connectivity index (χ3v) is 6.43. The van der Waals surface area contributed by atoms with Gasteiger partial charge >= 0.3 is 0 Å². The molecule has 0 bridgehead atoms. The number of nitrogens with zero attached hydrogens (tertiary/aromatic N) is 3. The Morgan fingerprint density at radius 2 is 1.53 bits per heavy atom. The van der Waals surface area contributed by atoms with Gasteiger partial charge in [-0.25, -0.2) is 0 Å². The first-order chi connectivity index (χ1) is 15.3. The number of rotatable bonds is 10. The van der Waals surface area contributed by atoms with Crippen LogP contribution in [0.2, 0.25) is 0 Å². The number of carbonyl (C=O) groups is 2. The molecule has 3 rings (SSSR count). The van der Waals surface area contributed by atoms with Crippen LogP contribution in [0.25, 0.3) is 5.57 Å². The second-order valence-corrected chi connectivity index (χ2v) is 9.41. The smallest absolute Gasteiger partial charge is 0.277 e. The summed E-state index contributed by atoms with van der Waals surface area (Å²) in [5.41, 5.74) is 1.39. The van der Waals surface area contributed by atoms with E-state index in [0.717, 1.165) is 38.8 Å². The van der Waals surface area contributed by atoms with Crippen LogP contribution < -0.4 is 0 Å². The number of benzene rings is 1. The molecular formula is C25H35N3O4. The van der Waals surface area contributed by atoms with E-state index < -0.39 is 4.92 Å². The van der Waals surface area contributed by atoms with Crippen molar-refractivity contribution in [2.24, 2.45) is 11.8 Å². The molecule has 0 spiro atoms. The number of amides is 2. The highest BCUT2D eigenvalue weighted by Crippen LogP contribution is 2.35. The van der Waals surface area contributed by atoms with Crippen LogP contribution in [-0.2, 0) is 9.59 Å². The largest absolute Gasteiger partial charge is 0.366 e. The van der Waals surface area contributed by atoms with Crippen molar-refractivity contribution in [2.45, 2.75) is 65.7 Å². The molecule has 0 aliphatic carbocycles. The lowest BCUT2D eigenvalue weighted by Gasteiger charge is -2.37. The number of nitro benzene ring substituents is 1. The van der Waals surface area contributed by atoms with Gasteiger partial charge in [0.05, 0.1) is 10.5 Å². The molecule has 2 atom stereocenters. The molecule has 32 heavy (non-hydrogen) atoms. The van der Waals surface area contributed by atoms with Crippen LogP contribution in [0.15, 0.2) is 30.0 Å². The first kappa shape index (κ1) is 24.0. The first-order valence-corrected chi connectivity index (χ1v) is 11.9. The molecule has 1 saturated heterocycles.